The van der Waals surface area contributed by atoms with Crippen LogP contribution in [-0.4, -0.2) is 25.3 Å². The molecule has 0 spiro atoms. The summed E-state index contributed by atoms with van der Waals surface area (Å²) < 4.78 is 16.6. The number of ether oxygens (including phenoxy) is 1. The molecule has 5 aliphatic rings. The van der Waals surface area contributed by atoms with Crippen LogP contribution in [0.5, 0.6) is 0 Å². The molecule has 1 heterocycles. The molecule has 0 aromatic rings. The van der Waals surface area contributed by atoms with E-state index in [1.54, 1.807) is 0 Å². The van der Waals surface area contributed by atoms with Gasteiger partial charge in [-0.25, -0.2) is 0 Å². The minimum atomic E-state index is -0.292. The number of nitrogens with one attached hydrogen (secondary N) is 1. The quantitative estimate of drug-likeness (QED) is 0.365. The van der Waals surface area contributed by atoms with Gasteiger partial charge in [-0.1, -0.05) is 81.6 Å². The smallest absolute Gasteiger partial charge is 0.337 e. The highest BCUT2D eigenvalue weighted by Crippen LogP contribution is 2.69. The van der Waals surface area contributed by atoms with E-state index < -0.39 is 0 Å². The second-order valence-corrected chi connectivity index (χ2v) is 12.8. The van der Waals surface area contributed by atoms with Crippen molar-refractivity contribution in [2.75, 3.05) is 6.54 Å². The van der Waals surface area contributed by atoms with Crippen LogP contribution < -0.4 is 5.32 Å². The summed E-state index contributed by atoms with van der Waals surface area (Å²) in [6.45, 7) is 21.4. The van der Waals surface area contributed by atoms with Gasteiger partial charge in [0.1, 0.15) is 6.23 Å². The van der Waals surface area contributed by atoms with E-state index in [0.29, 0.717) is 29.1 Å². The van der Waals surface area contributed by atoms with Crippen LogP contribution in [0, 0.1) is 52.3 Å². The number of fused-ring (bicyclic) bond motifs is 7. The average molecular weight is 526 g/mol. The van der Waals surface area contributed by atoms with Crippen LogP contribution in [0.1, 0.15) is 127 Å². The third-order valence-corrected chi connectivity index (χ3v) is 11.4. The van der Waals surface area contributed by atoms with Crippen molar-refractivity contribution in [3.8, 4) is 0 Å². The SMILES string of the molecule is CC.CC.CC[C@H](C)CN[C@H]1O[C@H]2CC3[C@@H]4CCC5CCCC[C@]5(C)C4CC[C@]3(C)C2[C@@H]1C.O=COF. The van der Waals surface area contributed by atoms with E-state index in [2.05, 4.69) is 44.9 Å². The Morgan fingerprint density at radius 3 is 2.32 bits per heavy atom. The van der Waals surface area contributed by atoms with Crippen molar-refractivity contribution >= 4 is 6.47 Å². The number of rotatable bonds is 5. The zero-order valence-corrected chi connectivity index (χ0v) is 25.7. The van der Waals surface area contributed by atoms with E-state index in [-0.39, 0.29) is 6.47 Å². The van der Waals surface area contributed by atoms with E-state index in [1.165, 1.54) is 64.2 Å². The second kappa shape index (κ2) is 14.6. The van der Waals surface area contributed by atoms with Gasteiger partial charge in [-0.2, -0.15) is 0 Å². The largest absolute Gasteiger partial charge is 0.360 e. The van der Waals surface area contributed by atoms with E-state index in [1.807, 2.05) is 27.7 Å². The highest BCUT2D eigenvalue weighted by Gasteiger charge is 2.65. The lowest BCUT2D eigenvalue weighted by atomic mass is 9.44. The first-order valence-corrected chi connectivity index (χ1v) is 15.9. The number of carbonyl (C=O) groups is 1. The molecule has 5 rings (SSSR count). The third kappa shape index (κ3) is 6.39. The topological polar surface area (TPSA) is 47.6 Å². The Kier molecular flexibility index (Phi) is 12.9. The highest BCUT2D eigenvalue weighted by atomic mass is 19.3. The molecule has 37 heavy (non-hydrogen) atoms. The molecule has 0 bridgehead atoms. The van der Waals surface area contributed by atoms with Crippen LogP contribution in [0.3, 0.4) is 0 Å². The van der Waals surface area contributed by atoms with Gasteiger partial charge in [0, 0.05) is 17.0 Å². The summed E-state index contributed by atoms with van der Waals surface area (Å²) in [4.78, 5) is 10.9. The molecule has 218 valence electrons. The van der Waals surface area contributed by atoms with Crippen LogP contribution in [0.2, 0.25) is 0 Å². The summed E-state index contributed by atoms with van der Waals surface area (Å²) in [5.74, 6) is 6.14. The van der Waals surface area contributed by atoms with Crippen LogP contribution in [0.4, 0.5) is 4.53 Å². The molecule has 5 fully saturated rings. The lowest BCUT2D eigenvalue weighted by Gasteiger charge is -2.60. The molecule has 4 aliphatic carbocycles. The summed E-state index contributed by atoms with van der Waals surface area (Å²) >= 11 is 0. The molecule has 0 amide bonds. The Balaban J connectivity index is 0.000000541. The predicted molar refractivity (Wildman–Crippen MR) is 151 cm³/mol. The van der Waals surface area contributed by atoms with Gasteiger partial charge in [0.15, 0.2) is 0 Å². The molecule has 5 heteroatoms. The van der Waals surface area contributed by atoms with Gasteiger partial charge < -0.3 is 4.74 Å². The van der Waals surface area contributed by atoms with E-state index >= 15 is 0 Å². The van der Waals surface area contributed by atoms with Crippen LogP contribution in [0.15, 0.2) is 0 Å². The summed E-state index contributed by atoms with van der Waals surface area (Å²) in [6, 6.07) is 0. The van der Waals surface area contributed by atoms with Gasteiger partial charge in [0.2, 0.25) is 0 Å². The number of carbonyl (C=O) groups excluding carboxylic acids is 1. The molecule has 0 aromatic heterocycles. The lowest BCUT2D eigenvalue weighted by Crippen LogP contribution is -2.53. The van der Waals surface area contributed by atoms with Crippen molar-refractivity contribution in [1.29, 1.82) is 0 Å². The maximum Gasteiger partial charge on any atom is 0.337 e. The van der Waals surface area contributed by atoms with Crippen molar-refractivity contribution in [2.45, 2.75) is 139 Å². The molecule has 4 unspecified atom stereocenters. The number of hydrogen-bond donors (Lipinski definition) is 1. The molecule has 1 saturated heterocycles. The summed E-state index contributed by atoms with van der Waals surface area (Å²) in [7, 11) is 0. The first-order valence-electron chi connectivity index (χ1n) is 15.9. The van der Waals surface area contributed by atoms with Gasteiger partial charge in [0.05, 0.1) is 6.10 Å². The maximum absolute atomic E-state index is 9.85. The standard InChI is InChI=1S/C27H47NO.2C2H6.CHFO2/c1-6-17(2)16-28-25-18(3)24-23(29-25)15-22-20-11-10-19-9-7-8-13-26(19,4)21(20)12-14-27(22,24)5;2*1-2;2-4-1-3/h17-25,28H,6-16H2,1-5H3;2*1-2H3;1H/t17-,18-,19?,20+,21?,22?,23-,24?,25-,26-,27-;;;/m0.../s1. The summed E-state index contributed by atoms with van der Waals surface area (Å²) in [6.07, 6.45) is 15.5. The van der Waals surface area contributed by atoms with Crippen molar-refractivity contribution < 1.29 is 19.0 Å². The van der Waals surface area contributed by atoms with Gasteiger partial charge in [0.25, 0.3) is 0 Å². The third-order valence-electron chi connectivity index (χ3n) is 11.4. The highest BCUT2D eigenvalue weighted by molar-refractivity contribution is 5.35. The fourth-order valence-corrected chi connectivity index (χ4v) is 9.60. The minimum Gasteiger partial charge on any atom is -0.360 e. The Labute approximate surface area is 228 Å². The monoisotopic (exact) mass is 525 g/mol. The molecule has 0 aromatic carbocycles. The zero-order valence-electron chi connectivity index (χ0n) is 25.7. The van der Waals surface area contributed by atoms with Gasteiger partial charge >= 0.3 is 6.47 Å². The molecule has 4 nitrogen and oxygen atoms in total. The van der Waals surface area contributed by atoms with Crippen LogP contribution in [-0.2, 0) is 14.5 Å². The fraction of sp³-hybridized carbons (Fsp3) is 0.969. The number of hydrogen-bond acceptors (Lipinski definition) is 4. The van der Waals surface area contributed by atoms with Crippen molar-refractivity contribution in [3.05, 3.63) is 0 Å². The molecule has 1 aliphatic heterocycles. The maximum atomic E-state index is 9.85. The van der Waals surface area contributed by atoms with E-state index in [4.69, 9.17) is 9.53 Å². The Morgan fingerprint density at radius 2 is 1.70 bits per heavy atom. The van der Waals surface area contributed by atoms with Crippen LogP contribution >= 0.6 is 0 Å². The summed E-state index contributed by atoms with van der Waals surface area (Å²) in [5.41, 5.74) is 1.18. The predicted octanol–water partition coefficient (Wildman–Crippen LogP) is 8.74. The van der Waals surface area contributed by atoms with Crippen molar-refractivity contribution in [3.63, 3.8) is 0 Å². The first-order chi connectivity index (χ1) is 17.8. The molecular formula is C32H60FNO3. The zero-order chi connectivity index (χ0) is 27.8. The normalized spacial score (nSPS) is 43.9. The second-order valence-electron chi connectivity index (χ2n) is 12.8. The van der Waals surface area contributed by atoms with Crippen molar-refractivity contribution in [1.82, 2.24) is 5.32 Å². The van der Waals surface area contributed by atoms with Crippen molar-refractivity contribution in [2.24, 2.45) is 52.3 Å². The van der Waals surface area contributed by atoms with E-state index in [9.17, 15) is 4.53 Å². The van der Waals surface area contributed by atoms with Gasteiger partial charge in [-0.3, -0.25) is 15.1 Å². The molecular weight excluding hydrogens is 465 g/mol. The Hall–Kier alpha value is -0.680. The average Bonchev–Trinajstić information content (AvgIpc) is 3.42. The molecule has 4 saturated carbocycles. The fourth-order valence-electron chi connectivity index (χ4n) is 9.60. The molecule has 0 radical (unpaired) electrons. The molecule has 1 N–H and O–H groups in total. The molecule has 11 atom stereocenters. The van der Waals surface area contributed by atoms with E-state index in [0.717, 1.165) is 42.1 Å². The minimum absolute atomic E-state index is 0.292. The van der Waals surface area contributed by atoms with Gasteiger partial charge in [-0.15, -0.1) is 0 Å². The Morgan fingerprint density at radius 1 is 1.03 bits per heavy atom. The van der Waals surface area contributed by atoms with Gasteiger partial charge in [-0.05, 0) is 91.3 Å². The Bertz CT molecular complexity index is 676. The summed E-state index contributed by atoms with van der Waals surface area (Å²) in [5, 5.41) is 3.80. The van der Waals surface area contributed by atoms with Crippen LogP contribution in [0.25, 0.3) is 0 Å². The lowest BCUT2D eigenvalue weighted by molar-refractivity contribution is -0.165. The number of halogens is 1. The first kappa shape index (κ1) is 32.5.